The van der Waals surface area contributed by atoms with Crippen LogP contribution in [0.1, 0.15) is 19.3 Å². The van der Waals surface area contributed by atoms with Gasteiger partial charge in [-0.05, 0) is 67.4 Å². The van der Waals surface area contributed by atoms with Crippen molar-refractivity contribution in [1.29, 1.82) is 0 Å². The zero-order valence-electron chi connectivity index (χ0n) is 20.7. The van der Waals surface area contributed by atoms with Gasteiger partial charge in [-0.2, -0.15) is 0 Å². The van der Waals surface area contributed by atoms with Crippen LogP contribution in [-0.4, -0.2) is 65.1 Å². The molecule has 2 aromatic heterocycles. The fraction of sp³-hybridized carbons (Fsp3) is 0.357. The van der Waals surface area contributed by atoms with E-state index in [2.05, 4.69) is 9.88 Å². The van der Waals surface area contributed by atoms with Crippen molar-refractivity contribution in [3.63, 3.8) is 0 Å². The number of ether oxygens (including phenoxy) is 3. The van der Waals surface area contributed by atoms with Crippen LogP contribution in [0.3, 0.4) is 0 Å². The molecule has 4 aromatic rings. The molecule has 0 aliphatic carbocycles. The van der Waals surface area contributed by atoms with Crippen LogP contribution in [0.15, 0.2) is 59.7 Å². The lowest BCUT2D eigenvalue weighted by molar-refractivity contribution is -0.157. The smallest absolute Gasteiger partial charge is 0.275 e. The predicted molar refractivity (Wildman–Crippen MR) is 143 cm³/mol. The predicted octanol–water partition coefficient (Wildman–Crippen LogP) is 4.46. The second-order valence-corrected chi connectivity index (χ2v) is 10.7. The highest BCUT2D eigenvalue weighted by Gasteiger charge is 2.44. The average molecular weight is 520 g/mol. The molecule has 0 bridgehead atoms. The van der Waals surface area contributed by atoms with E-state index >= 15 is 0 Å². The number of piperidine rings is 1. The molecule has 2 aromatic carbocycles. The molecule has 1 spiro atoms. The van der Waals surface area contributed by atoms with Crippen molar-refractivity contribution in [2.45, 2.75) is 24.8 Å². The first-order valence-electron chi connectivity index (χ1n) is 12.5. The summed E-state index contributed by atoms with van der Waals surface area (Å²) in [6, 6.07) is 14.3. The monoisotopic (exact) mass is 519 g/mol. The number of hydrogen-bond acceptors (Lipinski definition) is 8. The van der Waals surface area contributed by atoms with Crippen molar-refractivity contribution in [1.82, 2.24) is 14.5 Å². The number of fused-ring (bicyclic) bond motifs is 1. The van der Waals surface area contributed by atoms with Crippen LogP contribution in [0.4, 0.5) is 0 Å². The molecule has 0 saturated carbocycles. The molecule has 0 atom stereocenters. The van der Waals surface area contributed by atoms with Crippen LogP contribution in [0.25, 0.3) is 26.3 Å². The second kappa shape index (κ2) is 9.81. The number of benzene rings is 2. The Morgan fingerprint density at radius 1 is 1.11 bits per heavy atom. The maximum atomic E-state index is 13.4. The largest absolute Gasteiger partial charge is 0.508 e. The van der Waals surface area contributed by atoms with Crippen molar-refractivity contribution in [2.24, 2.45) is 0 Å². The van der Waals surface area contributed by atoms with E-state index in [-0.39, 0.29) is 16.8 Å². The number of rotatable bonds is 7. The standard InChI is InChI=1S/C28H29N3O5S/c1-34-24-14-20(6-9-23(24)36-13-12-30-11-3-2-10-28(30)16-35-17-28)31-18-29-22-15-25(37-26(22)27(31)33)19-4-7-21(32)8-5-19/h4-9,14-15,18,32H,2-3,10-13,16-17H2,1H3. The minimum absolute atomic E-state index is 0.145. The highest BCUT2D eigenvalue weighted by molar-refractivity contribution is 7.22. The van der Waals surface area contributed by atoms with Gasteiger partial charge in [-0.15, -0.1) is 11.3 Å². The molecule has 9 heteroatoms. The molecular formula is C28H29N3O5S. The van der Waals surface area contributed by atoms with Crippen molar-refractivity contribution in [2.75, 3.05) is 40.0 Å². The van der Waals surface area contributed by atoms with Gasteiger partial charge < -0.3 is 19.3 Å². The molecule has 0 unspecified atom stereocenters. The van der Waals surface area contributed by atoms with Crippen molar-refractivity contribution in [3.8, 4) is 33.4 Å². The SMILES string of the molecule is COc1cc(-n2cnc3cc(-c4ccc(O)cc4)sc3c2=O)ccc1OCCN1CCCCC12COC2. The third-order valence-corrected chi connectivity index (χ3v) is 8.53. The first-order chi connectivity index (χ1) is 18.1. The Bertz CT molecular complexity index is 1480. The molecule has 192 valence electrons. The van der Waals surface area contributed by atoms with E-state index in [9.17, 15) is 9.90 Å². The topological polar surface area (TPSA) is 86.0 Å². The summed E-state index contributed by atoms with van der Waals surface area (Å²) in [6.45, 7) is 4.12. The molecule has 4 heterocycles. The Morgan fingerprint density at radius 2 is 1.95 bits per heavy atom. The molecule has 1 N–H and O–H groups in total. The molecule has 0 radical (unpaired) electrons. The molecule has 37 heavy (non-hydrogen) atoms. The van der Waals surface area contributed by atoms with E-state index in [1.54, 1.807) is 31.6 Å². The lowest BCUT2D eigenvalue weighted by Crippen LogP contribution is -2.64. The summed E-state index contributed by atoms with van der Waals surface area (Å²) >= 11 is 1.39. The van der Waals surface area contributed by atoms with Gasteiger partial charge in [0.2, 0.25) is 0 Å². The molecular weight excluding hydrogens is 490 g/mol. The van der Waals surface area contributed by atoms with Gasteiger partial charge in [0.05, 0.1) is 37.1 Å². The number of methoxy groups -OCH3 is 1. The first-order valence-corrected chi connectivity index (χ1v) is 13.3. The molecule has 2 fully saturated rings. The van der Waals surface area contributed by atoms with E-state index < -0.39 is 0 Å². The molecule has 8 nitrogen and oxygen atoms in total. The molecule has 0 amide bonds. The summed E-state index contributed by atoms with van der Waals surface area (Å²) in [5.41, 5.74) is 2.29. The number of hydrogen-bond donors (Lipinski definition) is 1. The van der Waals surface area contributed by atoms with Crippen LogP contribution < -0.4 is 15.0 Å². The molecule has 6 rings (SSSR count). The third kappa shape index (κ3) is 4.47. The number of aromatic hydroxyl groups is 1. The average Bonchev–Trinajstić information content (AvgIpc) is 3.34. The number of likely N-dealkylation sites (tertiary alicyclic amines) is 1. The minimum atomic E-state index is -0.145. The number of thiophene rings is 1. The number of nitrogens with zero attached hydrogens (tertiary/aromatic N) is 3. The highest BCUT2D eigenvalue weighted by atomic mass is 32.1. The molecule has 2 saturated heterocycles. The van der Waals surface area contributed by atoms with E-state index in [0.29, 0.717) is 34.0 Å². The minimum Gasteiger partial charge on any atom is -0.508 e. The number of aromatic nitrogens is 2. The second-order valence-electron chi connectivity index (χ2n) is 9.64. The summed E-state index contributed by atoms with van der Waals surface area (Å²) in [7, 11) is 1.60. The highest BCUT2D eigenvalue weighted by Crippen LogP contribution is 2.35. The summed E-state index contributed by atoms with van der Waals surface area (Å²) in [4.78, 5) is 21.3. The maximum absolute atomic E-state index is 13.4. The number of phenolic OH excluding ortho intramolecular Hbond substituents is 1. The fourth-order valence-electron chi connectivity index (χ4n) is 5.22. The zero-order valence-corrected chi connectivity index (χ0v) is 21.5. The van der Waals surface area contributed by atoms with Gasteiger partial charge in [-0.1, -0.05) is 6.42 Å². The van der Waals surface area contributed by atoms with Crippen LogP contribution in [0.5, 0.6) is 17.2 Å². The van der Waals surface area contributed by atoms with E-state index in [4.69, 9.17) is 14.2 Å². The van der Waals surface area contributed by atoms with Crippen molar-refractivity contribution in [3.05, 3.63) is 65.2 Å². The van der Waals surface area contributed by atoms with Gasteiger partial charge in [-0.3, -0.25) is 14.3 Å². The Kier molecular flexibility index (Phi) is 6.36. The molecule has 2 aliphatic heterocycles. The zero-order chi connectivity index (χ0) is 25.4. The van der Waals surface area contributed by atoms with Gasteiger partial charge in [0, 0.05) is 17.5 Å². The van der Waals surface area contributed by atoms with Crippen molar-refractivity contribution >= 4 is 21.6 Å². The summed E-state index contributed by atoms with van der Waals surface area (Å²) < 4.78 is 19.3. The summed E-state index contributed by atoms with van der Waals surface area (Å²) in [5, 5.41) is 9.56. The Hall–Kier alpha value is -3.40. The Morgan fingerprint density at radius 3 is 2.70 bits per heavy atom. The van der Waals surface area contributed by atoms with Gasteiger partial charge >= 0.3 is 0 Å². The van der Waals surface area contributed by atoms with Crippen LogP contribution in [0.2, 0.25) is 0 Å². The first kappa shape index (κ1) is 24.0. The van der Waals surface area contributed by atoms with Gasteiger partial charge in [0.25, 0.3) is 5.56 Å². The maximum Gasteiger partial charge on any atom is 0.275 e. The Balaban J connectivity index is 1.21. The van der Waals surface area contributed by atoms with Crippen LogP contribution in [-0.2, 0) is 4.74 Å². The fourth-order valence-corrected chi connectivity index (χ4v) is 6.27. The summed E-state index contributed by atoms with van der Waals surface area (Å²) in [6.07, 6.45) is 5.22. The van der Waals surface area contributed by atoms with Gasteiger partial charge in [0.15, 0.2) is 11.5 Å². The van der Waals surface area contributed by atoms with Gasteiger partial charge in [0.1, 0.15) is 23.4 Å². The van der Waals surface area contributed by atoms with E-state index in [1.165, 1.54) is 35.2 Å². The van der Waals surface area contributed by atoms with Gasteiger partial charge in [-0.25, -0.2) is 4.98 Å². The summed E-state index contributed by atoms with van der Waals surface area (Å²) in [5.74, 6) is 1.42. The lowest BCUT2D eigenvalue weighted by Gasteiger charge is -2.52. The normalized spacial score (nSPS) is 17.1. The van der Waals surface area contributed by atoms with Crippen molar-refractivity contribution < 1.29 is 19.3 Å². The van der Waals surface area contributed by atoms with E-state index in [1.807, 2.05) is 30.3 Å². The van der Waals surface area contributed by atoms with Crippen LogP contribution >= 0.6 is 11.3 Å². The van der Waals surface area contributed by atoms with E-state index in [0.717, 1.165) is 36.7 Å². The quantitative estimate of drug-likeness (QED) is 0.386. The lowest BCUT2D eigenvalue weighted by atomic mass is 9.85. The number of phenols is 1. The molecule has 2 aliphatic rings. The Labute approximate surface area is 218 Å². The van der Waals surface area contributed by atoms with Crippen LogP contribution in [0, 0.1) is 0 Å². The third-order valence-electron chi connectivity index (χ3n) is 7.37.